The van der Waals surface area contributed by atoms with Crippen molar-refractivity contribution in [1.82, 2.24) is 0 Å². The van der Waals surface area contributed by atoms with Crippen LogP contribution in [0.4, 0.5) is 0 Å². The van der Waals surface area contributed by atoms with Crippen molar-refractivity contribution in [3.05, 3.63) is 60.8 Å². The largest absolute Gasteiger partial charge is 0.472 e. The first-order valence-electron chi connectivity index (χ1n) is 39.5. The molecule has 0 saturated heterocycles. The lowest BCUT2D eigenvalue weighted by Gasteiger charge is -2.21. The molecule has 98 heavy (non-hydrogen) atoms. The molecule has 0 aromatic carbocycles. The van der Waals surface area contributed by atoms with Gasteiger partial charge in [0.15, 0.2) is 12.2 Å². The second kappa shape index (κ2) is 72.1. The zero-order valence-electron chi connectivity index (χ0n) is 62.5. The van der Waals surface area contributed by atoms with Gasteiger partial charge in [-0.2, -0.15) is 0 Å². The van der Waals surface area contributed by atoms with Crippen LogP contribution in [-0.2, 0) is 65.4 Å². The van der Waals surface area contributed by atoms with Crippen LogP contribution >= 0.6 is 15.6 Å². The Bertz CT molecular complexity index is 2100. The van der Waals surface area contributed by atoms with Gasteiger partial charge in [0.2, 0.25) is 0 Å². The van der Waals surface area contributed by atoms with E-state index in [0.29, 0.717) is 25.7 Å². The van der Waals surface area contributed by atoms with E-state index >= 15 is 0 Å². The SMILES string of the molecule is CCCCC/C=C\C/C=C\CCCCCCCC(=O)OC[C@H](COP(=O)(O)OC[C@@H](O)COP(=O)(O)OC[C@@H](COC(=O)CCCCCCC/C=C\CCCCCC)OC(=O)CCCCCCC/C=C\C/C=C\CCCCC)OC(=O)CCCCCCCCCCCCCCCCC. The number of aliphatic hydroxyl groups is 1. The van der Waals surface area contributed by atoms with Gasteiger partial charge < -0.3 is 33.8 Å². The molecule has 0 saturated carbocycles. The van der Waals surface area contributed by atoms with Crippen LogP contribution in [0.1, 0.15) is 362 Å². The maximum atomic E-state index is 13.1. The van der Waals surface area contributed by atoms with E-state index in [1.54, 1.807) is 0 Å². The fraction of sp³-hybridized carbons (Fsp3) is 0.823. The molecule has 0 rings (SSSR count). The molecule has 17 nitrogen and oxygen atoms in total. The maximum absolute atomic E-state index is 13.1. The molecule has 0 heterocycles. The predicted octanol–water partition coefficient (Wildman–Crippen LogP) is 22.7. The number of unbranched alkanes of at least 4 members (excludes halogenated alkanes) is 39. The number of phosphoric ester groups is 2. The fourth-order valence-electron chi connectivity index (χ4n) is 10.9. The van der Waals surface area contributed by atoms with E-state index in [4.69, 9.17) is 37.0 Å². The Labute approximate surface area is 597 Å². The second-order valence-corrected chi connectivity index (χ2v) is 29.6. The molecular weight excluding hydrogens is 1280 g/mol. The molecule has 0 aliphatic rings. The Morgan fingerprint density at radius 3 is 0.796 bits per heavy atom. The summed E-state index contributed by atoms with van der Waals surface area (Å²) in [4.78, 5) is 72.9. The number of carbonyl (C=O) groups is 4. The van der Waals surface area contributed by atoms with E-state index in [0.717, 1.165) is 154 Å². The molecule has 19 heteroatoms. The van der Waals surface area contributed by atoms with Crippen molar-refractivity contribution in [2.45, 2.75) is 380 Å². The minimum Gasteiger partial charge on any atom is -0.462 e. The molecule has 0 aromatic rings. The number of allylic oxidation sites excluding steroid dienone is 10. The smallest absolute Gasteiger partial charge is 0.462 e. The van der Waals surface area contributed by atoms with Gasteiger partial charge in [0.05, 0.1) is 26.4 Å². The summed E-state index contributed by atoms with van der Waals surface area (Å²) in [5.41, 5.74) is 0. The highest BCUT2D eigenvalue weighted by Gasteiger charge is 2.30. The lowest BCUT2D eigenvalue weighted by molar-refractivity contribution is -0.161. The summed E-state index contributed by atoms with van der Waals surface area (Å²) in [6, 6.07) is 0. The Balaban J connectivity index is 5.34. The Morgan fingerprint density at radius 1 is 0.286 bits per heavy atom. The van der Waals surface area contributed by atoms with E-state index in [-0.39, 0.29) is 25.7 Å². The number of carbonyl (C=O) groups excluding carboxylic acids is 4. The van der Waals surface area contributed by atoms with Crippen molar-refractivity contribution in [3.8, 4) is 0 Å². The van der Waals surface area contributed by atoms with Crippen LogP contribution in [0.15, 0.2) is 60.8 Å². The topological polar surface area (TPSA) is 237 Å². The molecule has 572 valence electrons. The van der Waals surface area contributed by atoms with E-state index in [1.165, 1.54) is 128 Å². The van der Waals surface area contributed by atoms with Gasteiger partial charge in [-0.25, -0.2) is 9.13 Å². The quantitative estimate of drug-likeness (QED) is 0.0169. The highest BCUT2D eigenvalue weighted by molar-refractivity contribution is 7.47. The summed E-state index contributed by atoms with van der Waals surface area (Å²) in [5, 5.41) is 10.6. The highest BCUT2D eigenvalue weighted by atomic mass is 31.2. The number of hydrogen-bond donors (Lipinski definition) is 3. The van der Waals surface area contributed by atoms with Crippen LogP contribution in [-0.4, -0.2) is 96.7 Å². The minimum absolute atomic E-state index is 0.0810. The zero-order chi connectivity index (χ0) is 71.8. The number of ether oxygens (including phenoxy) is 4. The summed E-state index contributed by atoms with van der Waals surface area (Å²) in [7, 11) is -9.94. The third kappa shape index (κ3) is 71.2. The summed E-state index contributed by atoms with van der Waals surface area (Å²) >= 11 is 0. The fourth-order valence-corrected chi connectivity index (χ4v) is 12.4. The van der Waals surface area contributed by atoms with E-state index in [9.17, 15) is 43.2 Å². The van der Waals surface area contributed by atoms with Crippen molar-refractivity contribution in [2.75, 3.05) is 39.6 Å². The molecule has 0 bridgehead atoms. The lowest BCUT2D eigenvalue weighted by Crippen LogP contribution is -2.30. The summed E-state index contributed by atoms with van der Waals surface area (Å²) in [5.74, 6) is -2.18. The Hall–Kier alpha value is -3.24. The van der Waals surface area contributed by atoms with Crippen molar-refractivity contribution >= 4 is 39.5 Å². The molecular formula is C79H144O17P2. The third-order valence-corrected chi connectivity index (χ3v) is 18.9. The first-order valence-corrected chi connectivity index (χ1v) is 42.5. The number of hydrogen-bond acceptors (Lipinski definition) is 15. The van der Waals surface area contributed by atoms with Crippen LogP contribution in [0.3, 0.4) is 0 Å². The number of aliphatic hydroxyl groups excluding tert-OH is 1. The minimum atomic E-state index is -4.97. The van der Waals surface area contributed by atoms with Gasteiger partial charge in [-0.3, -0.25) is 37.3 Å². The van der Waals surface area contributed by atoms with Crippen LogP contribution in [0, 0.1) is 0 Å². The van der Waals surface area contributed by atoms with Gasteiger partial charge in [0.1, 0.15) is 19.3 Å². The standard InChI is InChI=1S/C79H144O17P2/c1-5-9-13-17-21-25-29-33-36-40-44-48-52-56-60-64-77(82)90-70-75(96-79(84)66-62-58-54-50-46-42-38-35-31-27-23-19-15-11-7-3)72-94-98(87,88)92-68-73(80)67-91-97(85,86)93-71-74(69-89-76(81)63-59-55-51-47-43-39-32-28-24-20-16-12-8-4)95-78(83)65-61-57-53-49-45-41-37-34-30-26-22-18-14-10-6-2/h21-22,25-26,28,32-34,36-37,73-75,80H,5-20,23-24,27,29-31,35,38-72H2,1-4H3,(H,85,86)(H,87,88)/b25-21-,26-22-,32-28-,36-33-,37-34-/t73-,74+,75+/m0/s1. The van der Waals surface area contributed by atoms with Crippen LogP contribution in [0.25, 0.3) is 0 Å². The van der Waals surface area contributed by atoms with Gasteiger partial charge in [0.25, 0.3) is 0 Å². The number of phosphoric acid groups is 2. The van der Waals surface area contributed by atoms with Crippen LogP contribution < -0.4 is 0 Å². The Kier molecular flexibility index (Phi) is 69.7. The van der Waals surface area contributed by atoms with Crippen molar-refractivity contribution in [2.24, 2.45) is 0 Å². The van der Waals surface area contributed by atoms with Crippen LogP contribution in [0.2, 0.25) is 0 Å². The third-order valence-electron chi connectivity index (χ3n) is 17.0. The normalized spacial score (nSPS) is 14.2. The average molecular weight is 1430 g/mol. The molecule has 0 aliphatic heterocycles. The van der Waals surface area contributed by atoms with Gasteiger partial charge in [0, 0.05) is 25.7 Å². The molecule has 0 amide bonds. The number of rotatable bonds is 75. The molecule has 0 radical (unpaired) electrons. The second-order valence-electron chi connectivity index (χ2n) is 26.7. The first kappa shape index (κ1) is 94.8. The van der Waals surface area contributed by atoms with Crippen molar-refractivity contribution in [3.63, 3.8) is 0 Å². The van der Waals surface area contributed by atoms with E-state index in [2.05, 4.69) is 88.5 Å². The molecule has 0 aromatic heterocycles. The summed E-state index contributed by atoms with van der Waals surface area (Å²) in [6.07, 6.45) is 70.5. The molecule has 3 N–H and O–H groups in total. The van der Waals surface area contributed by atoms with Crippen LogP contribution in [0.5, 0.6) is 0 Å². The predicted molar refractivity (Wildman–Crippen MR) is 400 cm³/mol. The average Bonchev–Trinajstić information content (AvgIpc) is 1.04. The molecule has 2 unspecified atom stereocenters. The van der Waals surface area contributed by atoms with Crippen molar-refractivity contribution in [1.29, 1.82) is 0 Å². The van der Waals surface area contributed by atoms with Gasteiger partial charge in [-0.05, 0) is 116 Å². The highest BCUT2D eigenvalue weighted by Crippen LogP contribution is 2.45. The monoisotopic (exact) mass is 1430 g/mol. The molecule has 0 spiro atoms. The maximum Gasteiger partial charge on any atom is 0.472 e. The van der Waals surface area contributed by atoms with Gasteiger partial charge in [-0.1, -0.05) is 281 Å². The molecule has 0 fully saturated rings. The van der Waals surface area contributed by atoms with E-state index < -0.39 is 97.5 Å². The van der Waals surface area contributed by atoms with Gasteiger partial charge in [-0.15, -0.1) is 0 Å². The Morgan fingerprint density at radius 2 is 0.500 bits per heavy atom. The molecule has 5 atom stereocenters. The zero-order valence-corrected chi connectivity index (χ0v) is 64.3. The van der Waals surface area contributed by atoms with Crippen molar-refractivity contribution < 1.29 is 80.2 Å². The number of esters is 4. The summed E-state index contributed by atoms with van der Waals surface area (Å²) < 4.78 is 68.5. The first-order chi connectivity index (χ1) is 47.7. The van der Waals surface area contributed by atoms with Gasteiger partial charge >= 0.3 is 39.5 Å². The van der Waals surface area contributed by atoms with E-state index in [1.807, 2.05) is 0 Å². The lowest BCUT2D eigenvalue weighted by atomic mass is 10.0. The summed E-state index contributed by atoms with van der Waals surface area (Å²) in [6.45, 7) is 4.83. The molecule has 0 aliphatic carbocycles.